The first-order valence-electron chi connectivity index (χ1n) is 7.45. The number of ether oxygens (including phenoxy) is 1. The smallest absolute Gasteiger partial charge is 0.241 e. The van der Waals surface area contributed by atoms with Crippen molar-refractivity contribution >= 4 is 5.91 Å². The zero-order chi connectivity index (χ0) is 15.6. The van der Waals surface area contributed by atoms with Crippen molar-refractivity contribution in [2.75, 3.05) is 7.11 Å². The maximum absolute atomic E-state index is 13.9. The molecular formula is C16H23FN2O2. The summed E-state index contributed by atoms with van der Waals surface area (Å²) in [5, 5.41) is 3.31. The molecule has 1 aliphatic heterocycles. The fourth-order valence-electron chi connectivity index (χ4n) is 2.72. The molecule has 1 aromatic rings. The Bertz CT molecular complexity index is 521. The van der Waals surface area contributed by atoms with Crippen molar-refractivity contribution in [3.63, 3.8) is 0 Å². The highest BCUT2D eigenvalue weighted by Gasteiger charge is 2.40. The third-order valence-corrected chi connectivity index (χ3v) is 4.16. The number of methoxy groups -OCH3 is 1. The van der Waals surface area contributed by atoms with E-state index in [0.29, 0.717) is 0 Å². The zero-order valence-electron chi connectivity index (χ0n) is 13.0. The number of rotatable bonds is 5. The molecule has 116 valence electrons. The Morgan fingerprint density at radius 3 is 2.67 bits per heavy atom. The first kappa shape index (κ1) is 15.8. The van der Waals surface area contributed by atoms with E-state index in [9.17, 15) is 9.18 Å². The average molecular weight is 294 g/mol. The second-order valence-electron chi connectivity index (χ2n) is 5.43. The molecule has 1 aromatic carbocycles. The summed E-state index contributed by atoms with van der Waals surface area (Å²) in [6.07, 6.45) is 1.30. The number of nitrogens with one attached hydrogen (secondary N) is 1. The van der Waals surface area contributed by atoms with Gasteiger partial charge in [0.1, 0.15) is 6.17 Å². The van der Waals surface area contributed by atoms with E-state index in [-0.39, 0.29) is 29.9 Å². The molecule has 0 aromatic heterocycles. The molecule has 1 fully saturated rings. The molecule has 1 N–H and O–H groups in total. The standard InChI is InChI=1S/C16H23FN2O2/c1-5-10(3)19-15(18-13(6-2)16(19)20)11-7-8-14(21-4)12(17)9-11/h7-10,13,15,18H,5-6H2,1-4H3. The minimum atomic E-state index is -0.409. The number of carbonyl (C=O) groups excluding carboxylic acids is 1. The van der Waals surface area contributed by atoms with E-state index in [2.05, 4.69) is 5.32 Å². The predicted octanol–water partition coefficient (Wildman–Crippen LogP) is 2.84. The number of amides is 1. The lowest BCUT2D eigenvalue weighted by molar-refractivity contribution is -0.132. The molecule has 0 aliphatic carbocycles. The molecule has 0 radical (unpaired) electrons. The highest BCUT2D eigenvalue weighted by molar-refractivity contribution is 5.84. The predicted molar refractivity (Wildman–Crippen MR) is 79.5 cm³/mol. The molecule has 5 heteroatoms. The zero-order valence-corrected chi connectivity index (χ0v) is 13.0. The first-order valence-corrected chi connectivity index (χ1v) is 7.45. The molecule has 0 bridgehead atoms. The molecule has 21 heavy (non-hydrogen) atoms. The molecule has 1 saturated heterocycles. The lowest BCUT2D eigenvalue weighted by Crippen LogP contribution is -2.38. The Hall–Kier alpha value is -1.62. The summed E-state index contributed by atoms with van der Waals surface area (Å²) in [7, 11) is 1.44. The van der Waals surface area contributed by atoms with Crippen LogP contribution in [0.25, 0.3) is 0 Å². The van der Waals surface area contributed by atoms with Crippen LogP contribution < -0.4 is 10.1 Å². The number of hydrogen-bond acceptors (Lipinski definition) is 3. The van der Waals surface area contributed by atoms with Gasteiger partial charge >= 0.3 is 0 Å². The summed E-state index contributed by atoms with van der Waals surface area (Å²) in [4.78, 5) is 14.3. The van der Waals surface area contributed by atoms with Crippen molar-refractivity contribution in [2.24, 2.45) is 0 Å². The number of benzene rings is 1. The molecule has 4 nitrogen and oxygen atoms in total. The van der Waals surface area contributed by atoms with Gasteiger partial charge in [-0.05, 0) is 37.5 Å². The Labute approximate surface area is 125 Å². The number of carbonyl (C=O) groups is 1. The SMILES string of the molecule is CCC1NC(c2ccc(OC)c(F)c2)N(C(C)CC)C1=O. The molecule has 0 saturated carbocycles. The van der Waals surface area contributed by atoms with Crippen molar-refractivity contribution in [3.8, 4) is 5.75 Å². The minimum Gasteiger partial charge on any atom is -0.494 e. The third kappa shape index (κ3) is 2.88. The topological polar surface area (TPSA) is 41.6 Å². The molecule has 1 heterocycles. The van der Waals surface area contributed by atoms with Crippen LogP contribution in [0.2, 0.25) is 0 Å². The molecule has 0 spiro atoms. The lowest BCUT2D eigenvalue weighted by Gasteiger charge is -2.30. The number of nitrogens with zero attached hydrogens (tertiary/aromatic N) is 1. The van der Waals surface area contributed by atoms with E-state index in [1.54, 1.807) is 12.1 Å². The van der Waals surface area contributed by atoms with E-state index in [1.807, 2.05) is 25.7 Å². The quantitative estimate of drug-likeness (QED) is 0.908. The molecule has 1 aliphatic rings. The van der Waals surface area contributed by atoms with Crippen LogP contribution in [0.15, 0.2) is 18.2 Å². The van der Waals surface area contributed by atoms with E-state index >= 15 is 0 Å². The number of hydrogen-bond donors (Lipinski definition) is 1. The van der Waals surface area contributed by atoms with Gasteiger partial charge in [-0.3, -0.25) is 10.1 Å². The van der Waals surface area contributed by atoms with Gasteiger partial charge < -0.3 is 9.64 Å². The van der Waals surface area contributed by atoms with Gasteiger partial charge in [-0.15, -0.1) is 0 Å². The van der Waals surface area contributed by atoms with E-state index < -0.39 is 5.82 Å². The highest BCUT2D eigenvalue weighted by atomic mass is 19.1. The summed E-state index contributed by atoms with van der Waals surface area (Å²) in [5.41, 5.74) is 0.748. The maximum atomic E-state index is 13.9. The summed E-state index contributed by atoms with van der Waals surface area (Å²) in [5.74, 6) is -0.105. The van der Waals surface area contributed by atoms with Crippen LogP contribution in [0, 0.1) is 5.82 Å². The normalized spacial score (nSPS) is 23.5. The van der Waals surface area contributed by atoms with Gasteiger partial charge in [-0.25, -0.2) is 4.39 Å². The molecule has 3 atom stereocenters. The Balaban J connectivity index is 2.35. The van der Waals surface area contributed by atoms with Crippen molar-refractivity contribution in [1.29, 1.82) is 0 Å². The molecular weight excluding hydrogens is 271 g/mol. The van der Waals surface area contributed by atoms with Crippen LogP contribution in [0.1, 0.15) is 45.3 Å². The van der Waals surface area contributed by atoms with Crippen molar-refractivity contribution < 1.29 is 13.9 Å². The Morgan fingerprint density at radius 2 is 2.14 bits per heavy atom. The Morgan fingerprint density at radius 1 is 1.43 bits per heavy atom. The van der Waals surface area contributed by atoms with Gasteiger partial charge in [0.15, 0.2) is 11.6 Å². The van der Waals surface area contributed by atoms with Crippen molar-refractivity contribution in [3.05, 3.63) is 29.6 Å². The third-order valence-electron chi connectivity index (χ3n) is 4.16. The van der Waals surface area contributed by atoms with Gasteiger partial charge in [-0.2, -0.15) is 0 Å². The molecule has 2 rings (SSSR count). The second kappa shape index (κ2) is 6.43. The number of halogens is 1. The monoisotopic (exact) mass is 294 g/mol. The van der Waals surface area contributed by atoms with E-state index in [4.69, 9.17) is 4.74 Å². The lowest BCUT2D eigenvalue weighted by atomic mass is 10.1. The van der Waals surface area contributed by atoms with E-state index in [0.717, 1.165) is 18.4 Å². The summed E-state index contributed by atoms with van der Waals surface area (Å²) >= 11 is 0. The van der Waals surface area contributed by atoms with Crippen molar-refractivity contribution in [2.45, 2.75) is 51.9 Å². The minimum absolute atomic E-state index is 0.0908. The van der Waals surface area contributed by atoms with Crippen LogP contribution in [0.3, 0.4) is 0 Å². The van der Waals surface area contributed by atoms with Gasteiger partial charge in [-0.1, -0.05) is 19.9 Å². The van der Waals surface area contributed by atoms with Gasteiger partial charge in [0.2, 0.25) is 5.91 Å². The Kier molecular flexibility index (Phi) is 4.83. The average Bonchev–Trinajstić information content (AvgIpc) is 2.83. The fourth-order valence-corrected chi connectivity index (χ4v) is 2.72. The van der Waals surface area contributed by atoms with Crippen LogP contribution in [0.5, 0.6) is 5.75 Å². The summed E-state index contributed by atoms with van der Waals surface area (Å²) in [6, 6.07) is 4.76. The van der Waals surface area contributed by atoms with Gasteiger partial charge in [0.05, 0.1) is 13.2 Å². The molecule has 1 amide bonds. The van der Waals surface area contributed by atoms with Crippen LogP contribution in [0.4, 0.5) is 4.39 Å². The van der Waals surface area contributed by atoms with E-state index in [1.165, 1.54) is 13.2 Å². The van der Waals surface area contributed by atoms with Crippen LogP contribution >= 0.6 is 0 Å². The second-order valence-corrected chi connectivity index (χ2v) is 5.43. The maximum Gasteiger partial charge on any atom is 0.241 e. The summed E-state index contributed by atoms with van der Waals surface area (Å²) < 4.78 is 18.9. The summed E-state index contributed by atoms with van der Waals surface area (Å²) in [6.45, 7) is 6.04. The largest absolute Gasteiger partial charge is 0.494 e. The van der Waals surface area contributed by atoms with Crippen LogP contribution in [-0.2, 0) is 4.79 Å². The fraction of sp³-hybridized carbons (Fsp3) is 0.562. The van der Waals surface area contributed by atoms with Gasteiger partial charge in [0.25, 0.3) is 0 Å². The van der Waals surface area contributed by atoms with Crippen molar-refractivity contribution in [1.82, 2.24) is 10.2 Å². The first-order chi connectivity index (χ1) is 10.0. The molecule has 3 unspecified atom stereocenters. The highest BCUT2D eigenvalue weighted by Crippen LogP contribution is 2.31. The van der Waals surface area contributed by atoms with Gasteiger partial charge in [0, 0.05) is 6.04 Å². The van der Waals surface area contributed by atoms with Crippen LogP contribution in [-0.4, -0.2) is 30.0 Å².